The molecule has 2 amide bonds. The molecular formula is C18H25N3O2. The zero-order chi connectivity index (χ0) is 16.1. The van der Waals surface area contributed by atoms with Crippen LogP contribution < -0.4 is 5.32 Å². The van der Waals surface area contributed by atoms with Crippen molar-refractivity contribution < 1.29 is 9.59 Å². The molecule has 1 saturated heterocycles. The maximum absolute atomic E-state index is 12.6. The Morgan fingerprint density at radius 1 is 0.957 bits per heavy atom. The van der Waals surface area contributed by atoms with Crippen LogP contribution in [0.5, 0.6) is 0 Å². The number of carbonyl (C=O) groups is 2. The van der Waals surface area contributed by atoms with Crippen molar-refractivity contribution in [2.45, 2.75) is 57.4 Å². The third kappa shape index (κ3) is 4.09. The number of likely N-dealkylation sites (tertiary alicyclic amines) is 1. The Kier molecular flexibility index (Phi) is 5.26. The lowest BCUT2D eigenvalue weighted by Crippen LogP contribution is -2.35. The molecule has 2 fully saturated rings. The minimum atomic E-state index is -0.164. The van der Waals surface area contributed by atoms with Gasteiger partial charge >= 0.3 is 0 Å². The molecule has 0 atom stereocenters. The van der Waals surface area contributed by atoms with E-state index in [4.69, 9.17) is 0 Å². The van der Waals surface area contributed by atoms with Crippen LogP contribution in [0.15, 0.2) is 18.2 Å². The summed E-state index contributed by atoms with van der Waals surface area (Å²) in [5, 5.41) is 3.02. The van der Waals surface area contributed by atoms with Crippen LogP contribution in [-0.4, -0.2) is 40.8 Å². The molecule has 5 heteroatoms. The zero-order valence-corrected chi connectivity index (χ0v) is 13.6. The maximum Gasteiger partial charge on any atom is 0.272 e. The number of hydrogen-bond donors (Lipinski definition) is 1. The van der Waals surface area contributed by atoms with Crippen molar-refractivity contribution in [3.8, 4) is 0 Å². The van der Waals surface area contributed by atoms with Crippen LogP contribution in [-0.2, 0) is 0 Å². The van der Waals surface area contributed by atoms with Crippen molar-refractivity contribution in [3.63, 3.8) is 0 Å². The first-order valence-electron chi connectivity index (χ1n) is 8.81. The van der Waals surface area contributed by atoms with Gasteiger partial charge in [-0.05, 0) is 37.8 Å². The highest BCUT2D eigenvalue weighted by Crippen LogP contribution is 2.18. The number of nitrogens with zero attached hydrogens (tertiary/aromatic N) is 2. The molecule has 1 aromatic rings. The quantitative estimate of drug-likeness (QED) is 0.933. The second-order valence-electron chi connectivity index (χ2n) is 6.57. The molecule has 2 aliphatic rings. The lowest BCUT2D eigenvalue weighted by atomic mass is 10.2. The summed E-state index contributed by atoms with van der Waals surface area (Å²) in [6.07, 6.45) is 8.89. The topological polar surface area (TPSA) is 62.3 Å². The maximum atomic E-state index is 12.6. The standard InChI is InChI=1S/C18H25N3O2/c22-17(19-14-8-3-4-9-14)15-10-7-11-16(20-15)18(23)21-12-5-1-2-6-13-21/h7,10-11,14H,1-6,8-9,12-13H2,(H,19,22). The molecule has 1 saturated carbocycles. The smallest absolute Gasteiger partial charge is 0.272 e. The normalized spacial score (nSPS) is 19.4. The summed E-state index contributed by atoms with van der Waals surface area (Å²) in [6.45, 7) is 1.58. The predicted molar refractivity (Wildman–Crippen MR) is 88.3 cm³/mol. The molecule has 0 bridgehead atoms. The molecule has 1 N–H and O–H groups in total. The van der Waals surface area contributed by atoms with Gasteiger partial charge in [0.05, 0.1) is 0 Å². The highest BCUT2D eigenvalue weighted by molar-refractivity contribution is 5.96. The van der Waals surface area contributed by atoms with Crippen LogP contribution >= 0.6 is 0 Å². The first-order valence-corrected chi connectivity index (χ1v) is 8.81. The van der Waals surface area contributed by atoms with Crippen LogP contribution in [0.1, 0.15) is 72.3 Å². The van der Waals surface area contributed by atoms with Gasteiger partial charge in [0.1, 0.15) is 11.4 Å². The minimum absolute atomic E-state index is 0.0533. The van der Waals surface area contributed by atoms with Gasteiger partial charge in [0.25, 0.3) is 11.8 Å². The number of nitrogens with one attached hydrogen (secondary N) is 1. The molecule has 2 heterocycles. The molecule has 0 radical (unpaired) electrons. The van der Waals surface area contributed by atoms with Crippen molar-refractivity contribution in [1.29, 1.82) is 0 Å². The van der Waals surface area contributed by atoms with E-state index in [2.05, 4.69) is 10.3 Å². The van der Waals surface area contributed by atoms with E-state index in [1.807, 2.05) is 4.90 Å². The Labute approximate surface area is 137 Å². The summed E-state index contributed by atoms with van der Waals surface area (Å²) >= 11 is 0. The van der Waals surface area contributed by atoms with E-state index in [-0.39, 0.29) is 17.9 Å². The number of carbonyl (C=O) groups excluding carboxylic acids is 2. The van der Waals surface area contributed by atoms with Crippen LogP contribution in [0, 0.1) is 0 Å². The van der Waals surface area contributed by atoms with Crippen LogP contribution in [0.3, 0.4) is 0 Å². The Morgan fingerprint density at radius 2 is 1.61 bits per heavy atom. The fraction of sp³-hybridized carbons (Fsp3) is 0.611. The van der Waals surface area contributed by atoms with E-state index in [1.54, 1.807) is 18.2 Å². The molecule has 1 aromatic heterocycles. The number of rotatable bonds is 3. The lowest BCUT2D eigenvalue weighted by molar-refractivity contribution is 0.0755. The molecular weight excluding hydrogens is 290 g/mol. The van der Waals surface area contributed by atoms with Crippen molar-refractivity contribution >= 4 is 11.8 Å². The SMILES string of the molecule is O=C(NC1CCCC1)c1cccc(C(=O)N2CCCCCC2)n1. The summed E-state index contributed by atoms with van der Waals surface area (Å²) in [5.41, 5.74) is 0.726. The zero-order valence-electron chi connectivity index (χ0n) is 13.6. The molecule has 5 nitrogen and oxygen atoms in total. The van der Waals surface area contributed by atoms with E-state index >= 15 is 0 Å². The summed E-state index contributed by atoms with van der Waals surface area (Å²) in [5.74, 6) is -0.218. The second-order valence-corrected chi connectivity index (χ2v) is 6.57. The highest BCUT2D eigenvalue weighted by atomic mass is 16.2. The van der Waals surface area contributed by atoms with E-state index in [9.17, 15) is 9.59 Å². The van der Waals surface area contributed by atoms with Gasteiger partial charge in [-0.25, -0.2) is 4.98 Å². The van der Waals surface area contributed by atoms with Gasteiger partial charge in [-0.15, -0.1) is 0 Å². The largest absolute Gasteiger partial charge is 0.348 e. The Balaban J connectivity index is 1.68. The number of pyridine rings is 1. The molecule has 1 aliphatic carbocycles. The van der Waals surface area contributed by atoms with Gasteiger partial charge in [-0.2, -0.15) is 0 Å². The summed E-state index contributed by atoms with van der Waals surface area (Å²) in [7, 11) is 0. The average molecular weight is 315 g/mol. The van der Waals surface area contributed by atoms with Crippen molar-refractivity contribution in [1.82, 2.24) is 15.2 Å². The summed E-state index contributed by atoms with van der Waals surface area (Å²) < 4.78 is 0. The summed E-state index contributed by atoms with van der Waals surface area (Å²) in [6, 6.07) is 5.40. The fourth-order valence-electron chi connectivity index (χ4n) is 3.45. The van der Waals surface area contributed by atoms with E-state index in [0.717, 1.165) is 38.8 Å². The molecule has 0 spiro atoms. The van der Waals surface area contributed by atoms with Gasteiger partial charge in [-0.3, -0.25) is 9.59 Å². The van der Waals surface area contributed by atoms with Gasteiger partial charge < -0.3 is 10.2 Å². The van der Waals surface area contributed by atoms with Crippen LogP contribution in [0.2, 0.25) is 0 Å². The Morgan fingerprint density at radius 3 is 2.30 bits per heavy atom. The van der Waals surface area contributed by atoms with E-state index in [1.165, 1.54) is 25.7 Å². The highest BCUT2D eigenvalue weighted by Gasteiger charge is 2.21. The van der Waals surface area contributed by atoms with E-state index in [0.29, 0.717) is 11.4 Å². The first kappa shape index (κ1) is 16.0. The first-order chi connectivity index (χ1) is 11.2. The Bertz CT molecular complexity index is 559. The number of amides is 2. The van der Waals surface area contributed by atoms with Gasteiger partial charge in [0.15, 0.2) is 0 Å². The van der Waals surface area contributed by atoms with Crippen molar-refractivity contribution in [2.24, 2.45) is 0 Å². The van der Waals surface area contributed by atoms with Gasteiger partial charge in [0.2, 0.25) is 0 Å². The second kappa shape index (κ2) is 7.57. The van der Waals surface area contributed by atoms with Gasteiger partial charge in [0, 0.05) is 19.1 Å². The molecule has 3 rings (SSSR count). The number of hydrogen-bond acceptors (Lipinski definition) is 3. The van der Waals surface area contributed by atoms with Gasteiger partial charge in [-0.1, -0.05) is 31.7 Å². The van der Waals surface area contributed by atoms with Crippen LogP contribution in [0.25, 0.3) is 0 Å². The molecule has 0 aromatic carbocycles. The third-order valence-electron chi connectivity index (χ3n) is 4.78. The summed E-state index contributed by atoms with van der Waals surface area (Å²) in [4.78, 5) is 31.1. The number of aromatic nitrogens is 1. The molecule has 0 unspecified atom stereocenters. The van der Waals surface area contributed by atoms with Crippen molar-refractivity contribution in [3.05, 3.63) is 29.6 Å². The lowest BCUT2D eigenvalue weighted by Gasteiger charge is -2.20. The molecule has 124 valence electrons. The Hall–Kier alpha value is -1.91. The predicted octanol–water partition coefficient (Wildman–Crippen LogP) is 2.77. The third-order valence-corrected chi connectivity index (χ3v) is 4.78. The minimum Gasteiger partial charge on any atom is -0.348 e. The van der Waals surface area contributed by atoms with E-state index < -0.39 is 0 Å². The fourth-order valence-corrected chi connectivity index (χ4v) is 3.45. The van der Waals surface area contributed by atoms with Crippen molar-refractivity contribution in [2.75, 3.05) is 13.1 Å². The molecule has 1 aliphatic heterocycles. The molecule has 23 heavy (non-hydrogen) atoms. The van der Waals surface area contributed by atoms with Crippen LogP contribution in [0.4, 0.5) is 0 Å². The monoisotopic (exact) mass is 315 g/mol. The average Bonchev–Trinajstić information content (AvgIpc) is 2.94.